The van der Waals surface area contributed by atoms with Gasteiger partial charge in [0.15, 0.2) is 0 Å². The summed E-state index contributed by atoms with van der Waals surface area (Å²) in [6, 6.07) is 4.13. The molecule has 0 amide bonds. The molecule has 3 aliphatic carbocycles. The van der Waals surface area contributed by atoms with Gasteiger partial charge in [-0.25, -0.2) is 4.39 Å². The first-order valence-electron chi connectivity index (χ1n) is 11.4. The number of benzene rings is 1. The molecule has 2 saturated carbocycles. The fraction of sp³-hybridized carbons (Fsp3) is 0.680. The summed E-state index contributed by atoms with van der Waals surface area (Å²) in [5, 5.41) is 0. The molecule has 154 valence electrons. The Balaban J connectivity index is 1.44. The lowest BCUT2D eigenvalue weighted by Gasteiger charge is -2.42. The van der Waals surface area contributed by atoms with Crippen LogP contribution in [-0.2, 0) is 12.8 Å². The van der Waals surface area contributed by atoms with Crippen LogP contribution in [0.2, 0.25) is 0 Å². The monoisotopic (exact) mass is 390 g/mol. The quantitative estimate of drug-likeness (QED) is 0.492. The Labute approximate surface area is 167 Å². The van der Waals surface area contributed by atoms with Crippen molar-refractivity contribution in [3.05, 3.63) is 46.8 Å². The Bertz CT molecular complexity index is 719. The first-order valence-corrected chi connectivity index (χ1v) is 11.4. The maximum atomic E-state index is 14.9. The van der Waals surface area contributed by atoms with Gasteiger partial charge in [0.25, 0.3) is 6.08 Å². The van der Waals surface area contributed by atoms with Crippen molar-refractivity contribution in [3.8, 4) is 0 Å². The normalized spacial score (nSPS) is 32.4. The molecule has 3 heteroatoms. The lowest BCUT2D eigenvalue weighted by atomic mass is 9.63. The molecule has 0 radical (unpaired) electrons. The number of hydrogen-bond acceptors (Lipinski definition) is 0. The van der Waals surface area contributed by atoms with E-state index < -0.39 is 6.08 Å². The highest BCUT2D eigenvalue weighted by Crippen LogP contribution is 2.48. The van der Waals surface area contributed by atoms with Gasteiger partial charge in [-0.1, -0.05) is 25.8 Å². The molecule has 5 unspecified atom stereocenters. The number of halogens is 3. The van der Waals surface area contributed by atoms with Gasteiger partial charge in [0.05, 0.1) is 0 Å². The van der Waals surface area contributed by atoms with Gasteiger partial charge in [-0.05, 0) is 116 Å². The molecule has 1 aromatic rings. The van der Waals surface area contributed by atoms with Crippen LogP contribution in [0.3, 0.4) is 0 Å². The summed E-state index contributed by atoms with van der Waals surface area (Å²) in [6.45, 7) is 2.21. The standard InChI is InChI=1S/C25H33F3/c1-2-3-16-4-7-21-14-22(15-24(26)23(21)11-16)20-9-8-18-10-17(12-25(27)28)5-6-19(18)13-20/h12,14-20H,2-11,13H2,1H3. The minimum absolute atomic E-state index is 0.0164. The molecule has 4 rings (SSSR count). The maximum absolute atomic E-state index is 14.9. The minimum Gasteiger partial charge on any atom is -0.207 e. The molecular formula is C25H33F3. The molecule has 0 aliphatic heterocycles. The van der Waals surface area contributed by atoms with Crippen LogP contribution in [0.25, 0.3) is 0 Å². The Hall–Kier alpha value is -1.25. The molecule has 2 fully saturated rings. The van der Waals surface area contributed by atoms with Gasteiger partial charge >= 0.3 is 0 Å². The van der Waals surface area contributed by atoms with Crippen LogP contribution >= 0.6 is 0 Å². The van der Waals surface area contributed by atoms with Gasteiger partial charge in [0, 0.05) is 0 Å². The average Bonchev–Trinajstić information content (AvgIpc) is 2.67. The molecular weight excluding hydrogens is 357 g/mol. The largest absolute Gasteiger partial charge is 0.266 e. The molecule has 5 atom stereocenters. The van der Waals surface area contributed by atoms with Gasteiger partial charge in [0.2, 0.25) is 0 Å². The summed E-state index contributed by atoms with van der Waals surface area (Å²) in [5.41, 5.74) is 3.42. The second-order valence-corrected chi connectivity index (χ2v) is 9.60. The summed E-state index contributed by atoms with van der Waals surface area (Å²) in [5.74, 6) is 2.36. The first-order chi connectivity index (χ1) is 13.5. The minimum atomic E-state index is -1.53. The molecule has 3 aliphatic rings. The van der Waals surface area contributed by atoms with Crippen molar-refractivity contribution in [2.45, 2.75) is 83.5 Å². The fourth-order valence-corrected chi connectivity index (χ4v) is 6.37. The number of rotatable bonds is 4. The third-order valence-electron chi connectivity index (χ3n) is 7.81. The highest BCUT2D eigenvalue weighted by molar-refractivity contribution is 5.37. The Morgan fingerprint density at radius 3 is 2.61 bits per heavy atom. The average molecular weight is 391 g/mol. The van der Waals surface area contributed by atoms with Crippen molar-refractivity contribution >= 4 is 0 Å². The number of fused-ring (bicyclic) bond motifs is 2. The van der Waals surface area contributed by atoms with Crippen molar-refractivity contribution < 1.29 is 13.2 Å². The summed E-state index contributed by atoms with van der Waals surface area (Å²) < 4.78 is 40.1. The molecule has 0 saturated heterocycles. The number of aryl methyl sites for hydroxylation is 1. The number of hydrogen-bond donors (Lipinski definition) is 0. The molecule has 1 aromatic carbocycles. The fourth-order valence-electron chi connectivity index (χ4n) is 6.37. The van der Waals surface area contributed by atoms with E-state index in [1.165, 1.54) is 36.5 Å². The van der Waals surface area contributed by atoms with Crippen molar-refractivity contribution in [1.29, 1.82) is 0 Å². The van der Waals surface area contributed by atoms with E-state index in [0.717, 1.165) is 56.9 Å². The maximum Gasteiger partial charge on any atom is 0.266 e. The number of allylic oxidation sites excluding steroid dienone is 1. The molecule has 0 bridgehead atoms. The zero-order valence-corrected chi connectivity index (χ0v) is 17.0. The van der Waals surface area contributed by atoms with Crippen LogP contribution in [0.1, 0.15) is 87.3 Å². The van der Waals surface area contributed by atoms with Crippen LogP contribution < -0.4 is 0 Å². The molecule has 0 N–H and O–H groups in total. The Morgan fingerprint density at radius 1 is 1.04 bits per heavy atom. The second-order valence-electron chi connectivity index (χ2n) is 9.60. The smallest absolute Gasteiger partial charge is 0.207 e. The zero-order valence-electron chi connectivity index (χ0n) is 17.0. The predicted octanol–water partition coefficient (Wildman–Crippen LogP) is 7.81. The Morgan fingerprint density at radius 2 is 1.82 bits per heavy atom. The van der Waals surface area contributed by atoms with Crippen molar-refractivity contribution in [1.82, 2.24) is 0 Å². The van der Waals surface area contributed by atoms with Crippen LogP contribution in [-0.4, -0.2) is 0 Å². The van der Waals surface area contributed by atoms with Gasteiger partial charge in [-0.15, -0.1) is 0 Å². The lowest BCUT2D eigenvalue weighted by Crippen LogP contribution is -2.30. The van der Waals surface area contributed by atoms with Crippen LogP contribution in [0.5, 0.6) is 0 Å². The molecule has 0 aromatic heterocycles. The zero-order chi connectivity index (χ0) is 19.7. The third kappa shape index (κ3) is 4.33. The molecule has 0 nitrogen and oxygen atoms in total. The van der Waals surface area contributed by atoms with Crippen molar-refractivity contribution in [2.75, 3.05) is 0 Å². The lowest BCUT2D eigenvalue weighted by molar-refractivity contribution is 0.132. The van der Waals surface area contributed by atoms with E-state index in [2.05, 4.69) is 13.0 Å². The summed E-state index contributed by atoms with van der Waals surface area (Å²) in [7, 11) is 0. The highest BCUT2D eigenvalue weighted by Gasteiger charge is 2.36. The summed E-state index contributed by atoms with van der Waals surface area (Å²) >= 11 is 0. The van der Waals surface area contributed by atoms with Gasteiger partial charge in [-0.3, -0.25) is 0 Å². The van der Waals surface area contributed by atoms with E-state index in [1.807, 2.05) is 6.07 Å². The van der Waals surface area contributed by atoms with E-state index in [-0.39, 0.29) is 11.7 Å². The van der Waals surface area contributed by atoms with Gasteiger partial charge in [0.1, 0.15) is 5.82 Å². The molecule has 28 heavy (non-hydrogen) atoms. The van der Waals surface area contributed by atoms with Crippen LogP contribution in [0, 0.1) is 29.5 Å². The van der Waals surface area contributed by atoms with Gasteiger partial charge < -0.3 is 0 Å². The van der Waals surface area contributed by atoms with Gasteiger partial charge in [-0.2, -0.15) is 8.78 Å². The van der Waals surface area contributed by atoms with E-state index in [4.69, 9.17) is 0 Å². The third-order valence-corrected chi connectivity index (χ3v) is 7.81. The molecule has 0 spiro atoms. The van der Waals surface area contributed by atoms with Crippen LogP contribution in [0.15, 0.2) is 24.3 Å². The van der Waals surface area contributed by atoms with Crippen molar-refractivity contribution in [2.24, 2.45) is 23.7 Å². The topological polar surface area (TPSA) is 0 Å². The van der Waals surface area contributed by atoms with Crippen LogP contribution in [0.4, 0.5) is 13.2 Å². The van der Waals surface area contributed by atoms with E-state index in [0.29, 0.717) is 23.7 Å². The van der Waals surface area contributed by atoms with E-state index >= 15 is 0 Å². The predicted molar refractivity (Wildman–Crippen MR) is 108 cm³/mol. The SMILES string of the molecule is CCCC1CCc2cc(C3CCC4CC(C=C(F)F)CCC4C3)cc(F)c2C1. The Kier molecular flexibility index (Phi) is 6.18. The summed E-state index contributed by atoms with van der Waals surface area (Å²) in [6.07, 6.45) is 11.3. The highest BCUT2D eigenvalue weighted by atomic mass is 19.3. The van der Waals surface area contributed by atoms with Crippen molar-refractivity contribution in [3.63, 3.8) is 0 Å². The summed E-state index contributed by atoms with van der Waals surface area (Å²) in [4.78, 5) is 0. The molecule has 0 heterocycles. The second kappa shape index (κ2) is 8.63. The first kappa shape index (κ1) is 20.0. The van der Waals surface area contributed by atoms with E-state index in [9.17, 15) is 13.2 Å². The van der Waals surface area contributed by atoms with E-state index in [1.54, 1.807) is 0 Å².